The number of aromatic nitrogens is 1. The van der Waals surface area contributed by atoms with E-state index in [1.165, 1.54) is 5.56 Å². The summed E-state index contributed by atoms with van der Waals surface area (Å²) >= 11 is 0. The molecule has 0 aliphatic carbocycles. The normalized spacial score (nSPS) is 18.7. The summed E-state index contributed by atoms with van der Waals surface area (Å²) in [5, 5.41) is 10.1. The van der Waals surface area contributed by atoms with Crippen molar-refractivity contribution in [3.05, 3.63) is 30.1 Å². The lowest BCUT2D eigenvalue weighted by molar-refractivity contribution is 0.00825. The molecule has 1 aliphatic heterocycles. The fourth-order valence-electron chi connectivity index (χ4n) is 2.37. The van der Waals surface area contributed by atoms with Crippen molar-refractivity contribution in [2.45, 2.75) is 12.6 Å². The van der Waals surface area contributed by atoms with E-state index < -0.39 is 0 Å². The first-order valence-electron chi connectivity index (χ1n) is 6.79. The molecule has 5 heteroatoms. The van der Waals surface area contributed by atoms with Crippen LogP contribution in [0.5, 0.6) is 0 Å². The monoisotopic (exact) mass is 265 g/mol. The number of hydrogen-bond acceptors (Lipinski definition) is 5. The van der Waals surface area contributed by atoms with Crippen LogP contribution in [-0.4, -0.2) is 72.4 Å². The highest BCUT2D eigenvalue weighted by Gasteiger charge is 2.16. The highest BCUT2D eigenvalue weighted by molar-refractivity contribution is 5.07. The Bertz CT molecular complexity index is 355. The topological polar surface area (TPSA) is 48.8 Å². The van der Waals surface area contributed by atoms with Crippen LogP contribution in [0.15, 0.2) is 24.5 Å². The average Bonchev–Trinajstić information content (AvgIpc) is 2.40. The highest BCUT2D eigenvalue weighted by Crippen LogP contribution is 2.03. The number of aliphatic hydroxyl groups excluding tert-OH is 1. The Hall–Kier alpha value is -1.01. The summed E-state index contributed by atoms with van der Waals surface area (Å²) in [6.45, 7) is 5.60. The predicted octanol–water partition coefficient (Wildman–Crippen LogP) is 0.207. The smallest absolute Gasteiger partial charge is 0.0793 e. The molecule has 1 unspecified atom stereocenters. The zero-order valence-corrected chi connectivity index (χ0v) is 11.5. The van der Waals surface area contributed by atoms with Crippen molar-refractivity contribution in [2.24, 2.45) is 0 Å². The second-order valence-corrected chi connectivity index (χ2v) is 5.12. The summed E-state index contributed by atoms with van der Waals surface area (Å²) in [6.07, 6.45) is 3.32. The van der Waals surface area contributed by atoms with E-state index in [-0.39, 0.29) is 6.10 Å². The molecular weight excluding hydrogens is 242 g/mol. The van der Waals surface area contributed by atoms with Gasteiger partial charge in [-0.25, -0.2) is 0 Å². The first kappa shape index (κ1) is 14.4. The standard InChI is InChI=1S/C14H23N3O2/c1-16(10-13-3-2-4-15-9-13)11-14(18)12-17-5-7-19-8-6-17/h2-4,9,14,18H,5-8,10-12H2,1H3. The number of likely N-dealkylation sites (N-methyl/N-ethyl adjacent to an activating group) is 1. The van der Waals surface area contributed by atoms with E-state index in [1.807, 2.05) is 19.3 Å². The minimum absolute atomic E-state index is 0.320. The van der Waals surface area contributed by atoms with Crippen LogP contribution >= 0.6 is 0 Å². The number of morpholine rings is 1. The molecular formula is C14H23N3O2. The minimum atomic E-state index is -0.320. The number of β-amino-alcohol motifs (C(OH)–C–C–N with tert-alkyl or cyclic N) is 1. The number of rotatable bonds is 6. The van der Waals surface area contributed by atoms with Gasteiger partial charge in [-0.3, -0.25) is 14.8 Å². The quantitative estimate of drug-likeness (QED) is 0.796. The van der Waals surface area contributed by atoms with Crippen LogP contribution in [0.25, 0.3) is 0 Å². The highest BCUT2D eigenvalue weighted by atomic mass is 16.5. The molecule has 1 saturated heterocycles. The van der Waals surface area contributed by atoms with Crippen molar-refractivity contribution in [1.29, 1.82) is 0 Å². The summed E-state index contributed by atoms with van der Waals surface area (Å²) < 4.78 is 5.30. The van der Waals surface area contributed by atoms with Crippen LogP contribution in [0.4, 0.5) is 0 Å². The zero-order chi connectivity index (χ0) is 13.5. The van der Waals surface area contributed by atoms with Crippen molar-refractivity contribution in [1.82, 2.24) is 14.8 Å². The summed E-state index contributed by atoms with van der Waals surface area (Å²) in [4.78, 5) is 8.48. The Morgan fingerprint density at radius 3 is 2.95 bits per heavy atom. The summed E-state index contributed by atoms with van der Waals surface area (Å²) in [7, 11) is 2.02. The second-order valence-electron chi connectivity index (χ2n) is 5.12. The maximum absolute atomic E-state index is 10.1. The number of ether oxygens (including phenoxy) is 1. The van der Waals surface area contributed by atoms with E-state index in [9.17, 15) is 5.11 Å². The van der Waals surface area contributed by atoms with Crippen LogP contribution in [0.1, 0.15) is 5.56 Å². The Morgan fingerprint density at radius 2 is 2.26 bits per heavy atom. The summed E-state index contributed by atoms with van der Waals surface area (Å²) in [5.74, 6) is 0. The molecule has 106 valence electrons. The van der Waals surface area contributed by atoms with Gasteiger partial charge in [-0.05, 0) is 18.7 Å². The lowest BCUT2D eigenvalue weighted by atomic mass is 10.2. The molecule has 0 amide bonds. The maximum atomic E-state index is 10.1. The van der Waals surface area contributed by atoms with Gasteiger partial charge in [0.15, 0.2) is 0 Å². The molecule has 1 fully saturated rings. The van der Waals surface area contributed by atoms with Crippen LogP contribution in [0.2, 0.25) is 0 Å². The maximum Gasteiger partial charge on any atom is 0.0793 e. The molecule has 0 spiro atoms. The van der Waals surface area contributed by atoms with E-state index in [4.69, 9.17) is 4.74 Å². The van der Waals surface area contributed by atoms with E-state index in [0.29, 0.717) is 6.54 Å². The fourth-order valence-corrected chi connectivity index (χ4v) is 2.37. The van der Waals surface area contributed by atoms with Crippen molar-refractivity contribution in [3.8, 4) is 0 Å². The van der Waals surface area contributed by atoms with Gasteiger partial charge in [0.2, 0.25) is 0 Å². The molecule has 1 aromatic rings. The molecule has 0 aromatic carbocycles. The van der Waals surface area contributed by atoms with Gasteiger partial charge >= 0.3 is 0 Å². The molecule has 1 aliphatic rings. The molecule has 5 nitrogen and oxygen atoms in total. The molecule has 2 rings (SSSR count). The first-order valence-corrected chi connectivity index (χ1v) is 6.79. The van der Waals surface area contributed by atoms with Gasteiger partial charge in [-0.2, -0.15) is 0 Å². The third-order valence-corrected chi connectivity index (χ3v) is 3.27. The van der Waals surface area contributed by atoms with Gasteiger partial charge in [-0.1, -0.05) is 6.07 Å². The third-order valence-electron chi connectivity index (χ3n) is 3.27. The van der Waals surface area contributed by atoms with Gasteiger partial charge in [0, 0.05) is 45.1 Å². The van der Waals surface area contributed by atoms with Crippen LogP contribution < -0.4 is 0 Å². The Kier molecular flexibility index (Phi) is 5.72. The van der Waals surface area contributed by atoms with Gasteiger partial charge in [0.25, 0.3) is 0 Å². The summed E-state index contributed by atoms with van der Waals surface area (Å²) in [6, 6.07) is 3.99. The molecule has 1 N–H and O–H groups in total. The third kappa shape index (κ3) is 5.24. The average molecular weight is 265 g/mol. The second kappa shape index (κ2) is 7.55. The van der Waals surface area contributed by atoms with Crippen LogP contribution in [0, 0.1) is 0 Å². The zero-order valence-electron chi connectivity index (χ0n) is 11.5. The van der Waals surface area contributed by atoms with Gasteiger partial charge < -0.3 is 9.84 Å². The molecule has 0 bridgehead atoms. The van der Waals surface area contributed by atoms with Gasteiger partial charge in [0.1, 0.15) is 0 Å². The minimum Gasteiger partial charge on any atom is -0.390 e. The number of hydrogen-bond donors (Lipinski definition) is 1. The van der Waals surface area contributed by atoms with Gasteiger partial charge in [0.05, 0.1) is 19.3 Å². The van der Waals surface area contributed by atoms with Crippen LogP contribution in [0.3, 0.4) is 0 Å². The van der Waals surface area contributed by atoms with Crippen molar-refractivity contribution < 1.29 is 9.84 Å². The predicted molar refractivity (Wildman–Crippen MR) is 73.8 cm³/mol. The molecule has 1 aromatic heterocycles. The molecule has 1 atom stereocenters. The van der Waals surface area contributed by atoms with Gasteiger partial charge in [-0.15, -0.1) is 0 Å². The van der Waals surface area contributed by atoms with E-state index in [2.05, 4.69) is 20.9 Å². The molecule has 0 radical (unpaired) electrons. The number of aliphatic hydroxyl groups is 1. The fraction of sp³-hybridized carbons (Fsp3) is 0.643. The molecule has 19 heavy (non-hydrogen) atoms. The Balaban J connectivity index is 1.70. The van der Waals surface area contributed by atoms with Crippen molar-refractivity contribution in [2.75, 3.05) is 46.4 Å². The summed E-state index contributed by atoms with van der Waals surface area (Å²) in [5.41, 5.74) is 1.17. The Labute approximate surface area is 114 Å². The van der Waals surface area contributed by atoms with Crippen molar-refractivity contribution in [3.63, 3.8) is 0 Å². The van der Waals surface area contributed by atoms with Crippen molar-refractivity contribution >= 4 is 0 Å². The number of pyridine rings is 1. The van der Waals surface area contributed by atoms with E-state index in [0.717, 1.165) is 39.4 Å². The first-order chi connectivity index (χ1) is 9.24. The van der Waals surface area contributed by atoms with Crippen LogP contribution in [-0.2, 0) is 11.3 Å². The SMILES string of the molecule is CN(Cc1cccnc1)CC(O)CN1CCOCC1. The Morgan fingerprint density at radius 1 is 1.47 bits per heavy atom. The number of nitrogens with zero attached hydrogens (tertiary/aromatic N) is 3. The van der Waals surface area contributed by atoms with E-state index >= 15 is 0 Å². The lowest BCUT2D eigenvalue weighted by Crippen LogP contribution is -2.43. The molecule has 2 heterocycles. The lowest BCUT2D eigenvalue weighted by Gasteiger charge is -2.30. The van der Waals surface area contributed by atoms with E-state index in [1.54, 1.807) is 6.20 Å². The molecule has 0 saturated carbocycles. The largest absolute Gasteiger partial charge is 0.390 e.